The average molecular weight is 249 g/mol. The molecule has 1 aliphatic rings. The Kier molecular flexibility index (Phi) is 3.81. The molecule has 1 aromatic rings. The van der Waals surface area contributed by atoms with Gasteiger partial charge in [-0.25, -0.2) is 0 Å². The van der Waals surface area contributed by atoms with Gasteiger partial charge in [-0.1, -0.05) is 12.5 Å². The number of nitrogens with zero attached hydrogens (tertiary/aromatic N) is 1. The van der Waals surface area contributed by atoms with Crippen LogP contribution in [0.3, 0.4) is 0 Å². The third-order valence-corrected chi connectivity index (χ3v) is 3.72. The molecular weight excluding hydrogens is 230 g/mol. The van der Waals surface area contributed by atoms with Gasteiger partial charge in [0.15, 0.2) is 0 Å². The average Bonchev–Trinajstić information content (AvgIpc) is 2.78. The predicted octanol–water partition coefficient (Wildman–Crippen LogP) is 2.44. The van der Waals surface area contributed by atoms with Gasteiger partial charge in [0.1, 0.15) is 0 Å². The molecule has 5 nitrogen and oxygen atoms in total. The van der Waals surface area contributed by atoms with Crippen molar-refractivity contribution in [2.24, 2.45) is 11.7 Å². The molecule has 0 heterocycles. The number of aryl methyl sites for hydroxylation is 1. The van der Waals surface area contributed by atoms with Crippen molar-refractivity contribution in [2.45, 2.75) is 32.2 Å². The second-order valence-electron chi connectivity index (χ2n) is 4.94. The molecule has 2 unspecified atom stereocenters. The summed E-state index contributed by atoms with van der Waals surface area (Å²) in [5.74, 6) is 0.477. The number of nitrogens with two attached hydrogens (primary N) is 1. The van der Waals surface area contributed by atoms with Crippen molar-refractivity contribution in [1.82, 2.24) is 0 Å². The maximum Gasteiger partial charge on any atom is 0.274 e. The van der Waals surface area contributed by atoms with E-state index in [0.717, 1.165) is 18.5 Å². The van der Waals surface area contributed by atoms with Gasteiger partial charge in [-0.05, 0) is 38.3 Å². The number of nitro groups is 1. The molecule has 0 saturated heterocycles. The minimum absolute atomic E-state index is 0.169. The first-order valence-electron chi connectivity index (χ1n) is 6.33. The second kappa shape index (κ2) is 5.35. The Balaban J connectivity index is 2.14. The first-order valence-corrected chi connectivity index (χ1v) is 6.33. The smallest absolute Gasteiger partial charge is 0.274 e. The number of rotatable bonds is 4. The number of nitro benzene ring substituents is 1. The summed E-state index contributed by atoms with van der Waals surface area (Å²) in [6.45, 7) is 2.42. The van der Waals surface area contributed by atoms with Crippen LogP contribution in [0.4, 0.5) is 11.4 Å². The van der Waals surface area contributed by atoms with Crippen molar-refractivity contribution < 1.29 is 4.92 Å². The monoisotopic (exact) mass is 249 g/mol. The van der Waals surface area contributed by atoms with E-state index in [1.807, 2.05) is 6.07 Å². The van der Waals surface area contributed by atoms with Crippen LogP contribution >= 0.6 is 0 Å². The lowest BCUT2D eigenvalue weighted by Crippen LogP contribution is -2.29. The van der Waals surface area contributed by atoms with Gasteiger partial charge in [-0.2, -0.15) is 0 Å². The third kappa shape index (κ3) is 2.61. The molecule has 1 aromatic carbocycles. The maximum atomic E-state index is 10.9. The molecule has 98 valence electrons. The molecule has 18 heavy (non-hydrogen) atoms. The lowest BCUT2D eigenvalue weighted by Gasteiger charge is -2.20. The maximum absolute atomic E-state index is 10.9. The molecule has 2 rings (SSSR count). The minimum Gasteiger partial charge on any atom is -0.382 e. The summed E-state index contributed by atoms with van der Waals surface area (Å²) in [6, 6.07) is 5.64. The minimum atomic E-state index is -0.338. The topological polar surface area (TPSA) is 81.2 Å². The van der Waals surface area contributed by atoms with Crippen molar-refractivity contribution in [3.8, 4) is 0 Å². The zero-order valence-electron chi connectivity index (χ0n) is 10.6. The zero-order chi connectivity index (χ0) is 13.1. The van der Waals surface area contributed by atoms with Gasteiger partial charge in [-0.15, -0.1) is 0 Å². The Morgan fingerprint density at radius 3 is 2.94 bits per heavy atom. The van der Waals surface area contributed by atoms with Gasteiger partial charge in [0.25, 0.3) is 5.69 Å². The SMILES string of the molecule is Cc1ccc(NC2CCCC2CN)cc1[N+](=O)[O-]. The van der Waals surface area contributed by atoms with Gasteiger partial charge < -0.3 is 11.1 Å². The fourth-order valence-electron chi connectivity index (χ4n) is 2.62. The van der Waals surface area contributed by atoms with Gasteiger partial charge >= 0.3 is 0 Å². The van der Waals surface area contributed by atoms with Gasteiger partial charge in [-0.3, -0.25) is 10.1 Å². The van der Waals surface area contributed by atoms with E-state index in [1.54, 1.807) is 19.1 Å². The predicted molar refractivity (Wildman–Crippen MR) is 71.6 cm³/mol. The Labute approximate surface area is 107 Å². The number of hydrogen-bond acceptors (Lipinski definition) is 4. The molecule has 1 saturated carbocycles. The highest BCUT2D eigenvalue weighted by Gasteiger charge is 2.26. The fraction of sp³-hybridized carbons (Fsp3) is 0.538. The summed E-state index contributed by atoms with van der Waals surface area (Å²) in [6.07, 6.45) is 3.40. The van der Waals surface area contributed by atoms with E-state index in [2.05, 4.69) is 5.32 Å². The van der Waals surface area contributed by atoms with Crippen LogP contribution in [0.2, 0.25) is 0 Å². The molecule has 2 atom stereocenters. The molecule has 0 radical (unpaired) electrons. The molecule has 0 aromatic heterocycles. The molecular formula is C13H19N3O2. The van der Waals surface area contributed by atoms with Crippen LogP contribution in [-0.2, 0) is 0 Å². The number of hydrogen-bond donors (Lipinski definition) is 2. The van der Waals surface area contributed by atoms with Crippen molar-refractivity contribution in [1.29, 1.82) is 0 Å². The van der Waals surface area contributed by atoms with Crippen molar-refractivity contribution in [3.63, 3.8) is 0 Å². The summed E-state index contributed by atoms with van der Waals surface area (Å²) in [4.78, 5) is 10.6. The molecule has 1 aliphatic carbocycles. The van der Waals surface area contributed by atoms with E-state index in [1.165, 1.54) is 6.42 Å². The molecule has 3 N–H and O–H groups in total. The summed E-state index contributed by atoms with van der Waals surface area (Å²) < 4.78 is 0. The van der Waals surface area contributed by atoms with Gasteiger partial charge in [0.2, 0.25) is 0 Å². The van der Waals surface area contributed by atoms with Crippen LogP contribution in [0.15, 0.2) is 18.2 Å². The van der Waals surface area contributed by atoms with E-state index < -0.39 is 0 Å². The van der Waals surface area contributed by atoms with Crippen molar-refractivity contribution in [2.75, 3.05) is 11.9 Å². The number of nitrogens with one attached hydrogen (secondary N) is 1. The Morgan fingerprint density at radius 2 is 2.28 bits per heavy atom. The third-order valence-electron chi connectivity index (χ3n) is 3.72. The van der Waals surface area contributed by atoms with Crippen LogP contribution in [0, 0.1) is 23.0 Å². The van der Waals surface area contributed by atoms with Crippen LogP contribution < -0.4 is 11.1 Å². The van der Waals surface area contributed by atoms with E-state index in [-0.39, 0.29) is 10.6 Å². The Morgan fingerprint density at radius 1 is 1.50 bits per heavy atom. The lowest BCUT2D eigenvalue weighted by atomic mass is 10.0. The van der Waals surface area contributed by atoms with Gasteiger partial charge in [0, 0.05) is 23.4 Å². The van der Waals surface area contributed by atoms with E-state index >= 15 is 0 Å². The second-order valence-corrected chi connectivity index (χ2v) is 4.94. The highest BCUT2D eigenvalue weighted by molar-refractivity contribution is 5.55. The highest BCUT2D eigenvalue weighted by atomic mass is 16.6. The summed E-state index contributed by atoms with van der Waals surface area (Å²) in [5, 5.41) is 14.3. The fourth-order valence-corrected chi connectivity index (χ4v) is 2.62. The Hall–Kier alpha value is -1.62. The Bertz CT molecular complexity index is 448. The molecule has 5 heteroatoms. The van der Waals surface area contributed by atoms with Crippen LogP contribution in [0.5, 0.6) is 0 Å². The van der Waals surface area contributed by atoms with Gasteiger partial charge in [0.05, 0.1) is 4.92 Å². The number of anilines is 1. The lowest BCUT2D eigenvalue weighted by molar-refractivity contribution is -0.385. The first kappa shape index (κ1) is 12.8. The van der Waals surface area contributed by atoms with Crippen LogP contribution in [0.25, 0.3) is 0 Å². The van der Waals surface area contributed by atoms with E-state index in [0.29, 0.717) is 24.1 Å². The molecule has 0 amide bonds. The zero-order valence-corrected chi connectivity index (χ0v) is 10.6. The standard InChI is InChI=1S/C13H19N3O2/c1-9-5-6-11(7-13(9)16(17)18)15-12-4-2-3-10(12)8-14/h5-7,10,12,15H,2-4,8,14H2,1H3. The van der Waals surface area contributed by atoms with E-state index in [9.17, 15) is 10.1 Å². The normalized spacial score (nSPS) is 23.0. The van der Waals surface area contributed by atoms with Crippen LogP contribution in [0.1, 0.15) is 24.8 Å². The molecule has 0 spiro atoms. The molecule has 0 bridgehead atoms. The summed E-state index contributed by atoms with van der Waals surface area (Å²) >= 11 is 0. The van der Waals surface area contributed by atoms with Crippen LogP contribution in [-0.4, -0.2) is 17.5 Å². The van der Waals surface area contributed by atoms with Crippen molar-refractivity contribution >= 4 is 11.4 Å². The number of benzene rings is 1. The molecule has 1 fully saturated rings. The highest BCUT2D eigenvalue weighted by Crippen LogP contribution is 2.29. The summed E-state index contributed by atoms with van der Waals surface area (Å²) in [5.41, 5.74) is 7.41. The summed E-state index contributed by atoms with van der Waals surface area (Å²) in [7, 11) is 0. The quantitative estimate of drug-likeness (QED) is 0.634. The van der Waals surface area contributed by atoms with E-state index in [4.69, 9.17) is 5.73 Å². The van der Waals surface area contributed by atoms with Crippen molar-refractivity contribution in [3.05, 3.63) is 33.9 Å². The first-order chi connectivity index (χ1) is 8.61. The molecule has 0 aliphatic heterocycles. The largest absolute Gasteiger partial charge is 0.382 e.